The summed E-state index contributed by atoms with van der Waals surface area (Å²) in [6, 6.07) is 9.60. The molecule has 0 N–H and O–H groups in total. The average molecular weight is 791 g/mol. The molecule has 13 atom stereocenters. The van der Waals surface area contributed by atoms with Crippen LogP contribution in [0.25, 0.3) is 17.0 Å². The van der Waals surface area contributed by atoms with Gasteiger partial charge in [-0.2, -0.15) is 0 Å². The molecule has 0 radical (unpaired) electrons. The maximum absolute atomic E-state index is 14.2. The SMILES string of the molecule is CC[C@@H]1OC(=O)CC(=O)[C@H](C)[C@@H](O[C@@H]2O[C@H](C)C[C@H](N(C)C)[C@H]2OC)[C@H](C)[C@@H](OC/C=C/c2cnc3ccccc3c2)[C@@H](C)C2=NCCN3C(=O)O[C@@]1(C)C3[C@@H]2C. The topological polar surface area (TPSA) is 138 Å². The molecule has 5 heterocycles. The highest BCUT2D eigenvalue weighted by molar-refractivity contribution is 5.97. The van der Waals surface area contributed by atoms with Crippen molar-refractivity contribution < 1.29 is 42.8 Å². The highest BCUT2D eigenvalue weighted by atomic mass is 16.7. The smallest absolute Gasteiger partial charge is 0.410 e. The fraction of sp³-hybridized carbons (Fsp3) is 0.659. The summed E-state index contributed by atoms with van der Waals surface area (Å²) < 4.78 is 38.6. The van der Waals surface area contributed by atoms with Crippen LogP contribution in [0.4, 0.5) is 4.79 Å². The van der Waals surface area contributed by atoms with Crippen LogP contribution in [-0.2, 0) is 38.0 Å². The Balaban J connectivity index is 1.40. The number of hydrogen-bond donors (Lipinski definition) is 0. The summed E-state index contributed by atoms with van der Waals surface area (Å²) in [4.78, 5) is 55.0. The Bertz CT molecular complexity index is 1820. The van der Waals surface area contributed by atoms with Crippen LogP contribution in [0.1, 0.15) is 73.3 Å². The predicted octanol–water partition coefficient (Wildman–Crippen LogP) is 5.97. The first-order valence-electron chi connectivity index (χ1n) is 20.6. The number of ketones is 1. The number of hydrogen-bond acceptors (Lipinski definition) is 12. The first-order chi connectivity index (χ1) is 27.2. The molecule has 1 unspecified atom stereocenters. The zero-order valence-electron chi connectivity index (χ0n) is 35.3. The molecule has 2 aromatic rings. The van der Waals surface area contributed by atoms with E-state index < -0.39 is 72.7 Å². The van der Waals surface area contributed by atoms with Crippen molar-refractivity contribution >= 4 is 40.5 Å². The number of ether oxygens (including phenoxy) is 6. The number of aromatic nitrogens is 1. The van der Waals surface area contributed by atoms with Gasteiger partial charge in [0, 0.05) is 60.7 Å². The standard InChI is InChI=1S/C44H62N4O9/c1-11-35-44(7)41-28(5)37(45-18-19-48(41)43(51)57-44)27(4)38(53-20-14-15-30-22-31-16-12-13-17-32(31)46-24-30)29(6)39(26(3)34(49)23-36(50)55-35)56-42-40(52-10)33(47(8)9)21-25(2)54-42/h12-17,22,24-29,33,35,38-42H,11,18-21,23H2,1-10H3/b15-14+/t25-,26+,27+,28-,29-,33+,35+,38+,39-,40-,41?,42+,44-/m1/s1. The lowest BCUT2D eigenvalue weighted by atomic mass is 9.73. The van der Waals surface area contributed by atoms with E-state index in [0.29, 0.717) is 19.5 Å². The number of aliphatic imine (C=N–C) groups is 1. The number of benzene rings is 1. The highest BCUT2D eigenvalue weighted by Crippen LogP contribution is 2.43. The maximum atomic E-state index is 14.2. The molecule has 0 aliphatic carbocycles. The van der Waals surface area contributed by atoms with Gasteiger partial charge in [-0.3, -0.25) is 24.5 Å². The van der Waals surface area contributed by atoms with Gasteiger partial charge < -0.3 is 33.3 Å². The van der Waals surface area contributed by atoms with E-state index in [0.717, 1.165) is 28.6 Å². The number of carbonyl (C=O) groups excluding carboxylic acids is 3. The van der Waals surface area contributed by atoms with Crippen LogP contribution in [0.3, 0.4) is 0 Å². The van der Waals surface area contributed by atoms with Crippen molar-refractivity contribution in [2.75, 3.05) is 40.9 Å². The van der Waals surface area contributed by atoms with Crippen molar-refractivity contribution in [2.24, 2.45) is 28.7 Å². The summed E-state index contributed by atoms with van der Waals surface area (Å²) in [6.07, 6.45) is 2.55. The van der Waals surface area contributed by atoms with E-state index in [4.69, 9.17) is 33.4 Å². The molecular formula is C44H62N4O9. The molecule has 3 fully saturated rings. The lowest BCUT2D eigenvalue weighted by Crippen LogP contribution is -2.58. The number of carbonyl (C=O) groups is 3. The van der Waals surface area contributed by atoms with E-state index >= 15 is 0 Å². The van der Waals surface area contributed by atoms with Crippen LogP contribution in [-0.4, -0.2) is 134 Å². The number of methoxy groups -OCH3 is 1. The van der Waals surface area contributed by atoms with Crippen LogP contribution in [0.15, 0.2) is 47.6 Å². The molecule has 4 aliphatic rings. The third kappa shape index (κ3) is 8.83. The van der Waals surface area contributed by atoms with Crippen LogP contribution >= 0.6 is 0 Å². The van der Waals surface area contributed by atoms with E-state index in [1.54, 1.807) is 18.9 Å². The largest absolute Gasteiger partial charge is 0.458 e. The van der Waals surface area contributed by atoms with Crippen LogP contribution in [0.2, 0.25) is 0 Å². The quantitative estimate of drug-likeness (QED) is 0.219. The van der Waals surface area contributed by atoms with Crippen molar-refractivity contribution in [1.82, 2.24) is 14.8 Å². The summed E-state index contributed by atoms with van der Waals surface area (Å²) in [7, 11) is 5.66. The normalized spacial score (nSPS) is 36.9. The second-order valence-electron chi connectivity index (χ2n) is 16.8. The lowest BCUT2D eigenvalue weighted by molar-refractivity contribution is -0.286. The van der Waals surface area contributed by atoms with Gasteiger partial charge >= 0.3 is 12.1 Å². The van der Waals surface area contributed by atoms with E-state index in [1.807, 2.05) is 84.4 Å². The highest BCUT2D eigenvalue weighted by Gasteiger charge is 2.60. The third-order valence-electron chi connectivity index (χ3n) is 12.8. The molecule has 6 rings (SSSR count). The van der Waals surface area contributed by atoms with E-state index in [9.17, 15) is 14.4 Å². The number of Topliss-reactive ketones (excluding diaryl/α,β-unsaturated/α-hetero) is 1. The minimum atomic E-state index is -1.18. The molecule has 0 spiro atoms. The fourth-order valence-corrected chi connectivity index (χ4v) is 9.82. The Kier molecular flexibility index (Phi) is 13.6. The molecule has 2 bridgehead atoms. The second-order valence-corrected chi connectivity index (χ2v) is 16.8. The van der Waals surface area contributed by atoms with Crippen molar-refractivity contribution in [3.05, 3.63) is 48.2 Å². The summed E-state index contributed by atoms with van der Waals surface area (Å²) in [5, 5.41) is 1.04. The molecule has 1 aromatic heterocycles. The molecule has 1 aromatic carbocycles. The van der Waals surface area contributed by atoms with Crippen molar-refractivity contribution in [1.29, 1.82) is 0 Å². The van der Waals surface area contributed by atoms with Gasteiger partial charge in [-0.15, -0.1) is 0 Å². The molecular weight excluding hydrogens is 729 g/mol. The number of rotatable bonds is 9. The molecule has 0 saturated carbocycles. The second kappa shape index (κ2) is 18.0. The van der Waals surface area contributed by atoms with Crippen LogP contribution in [0, 0.1) is 23.7 Å². The van der Waals surface area contributed by atoms with E-state index in [-0.39, 0.29) is 36.4 Å². The minimum Gasteiger partial charge on any atom is -0.458 e. The van der Waals surface area contributed by atoms with Gasteiger partial charge in [0.05, 0.1) is 43.0 Å². The summed E-state index contributed by atoms with van der Waals surface area (Å²) in [5.74, 6) is -2.77. The van der Waals surface area contributed by atoms with Gasteiger partial charge in [-0.05, 0) is 58.5 Å². The van der Waals surface area contributed by atoms with Crippen molar-refractivity contribution in [2.45, 2.75) is 122 Å². The summed E-state index contributed by atoms with van der Waals surface area (Å²) in [5.41, 5.74) is 1.56. The molecule has 13 heteroatoms. The molecule has 312 valence electrons. The van der Waals surface area contributed by atoms with Gasteiger partial charge in [0.1, 0.15) is 24.4 Å². The number of likely N-dealkylation sites (N-methyl/N-ethyl adjacent to an activating group) is 1. The summed E-state index contributed by atoms with van der Waals surface area (Å²) >= 11 is 0. The van der Waals surface area contributed by atoms with Crippen molar-refractivity contribution in [3.63, 3.8) is 0 Å². The van der Waals surface area contributed by atoms with Crippen LogP contribution < -0.4 is 0 Å². The number of pyridine rings is 1. The molecule has 3 saturated heterocycles. The van der Waals surface area contributed by atoms with Gasteiger partial charge in [0.2, 0.25) is 0 Å². The van der Waals surface area contributed by atoms with Gasteiger partial charge in [-0.1, -0.05) is 65.0 Å². The number of cyclic esters (lactones) is 1. The van der Waals surface area contributed by atoms with Gasteiger partial charge in [0.25, 0.3) is 0 Å². The first-order valence-corrected chi connectivity index (χ1v) is 20.6. The molecule has 4 aliphatic heterocycles. The zero-order chi connectivity index (χ0) is 41.2. The van der Waals surface area contributed by atoms with E-state index in [2.05, 4.69) is 29.8 Å². The Morgan fingerprint density at radius 1 is 1.02 bits per heavy atom. The number of para-hydroxylation sites is 1. The first kappa shape index (κ1) is 42.8. The van der Waals surface area contributed by atoms with Crippen molar-refractivity contribution in [3.8, 4) is 0 Å². The van der Waals surface area contributed by atoms with Gasteiger partial charge in [-0.25, -0.2) is 4.79 Å². The molecule has 13 nitrogen and oxygen atoms in total. The monoisotopic (exact) mass is 790 g/mol. The average Bonchev–Trinajstić information content (AvgIpc) is 3.31. The Morgan fingerprint density at radius 3 is 2.49 bits per heavy atom. The Labute approximate surface area is 337 Å². The number of nitrogens with zero attached hydrogens (tertiary/aromatic N) is 4. The number of amides is 1. The lowest BCUT2D eigenvalue weighted by Gasteiger charge is -2.46. The third-order valence-corrected chi connectivity index (χ3v) is 12.8. The van der Waals surface area contributed by atoms with Gasteiger partial charge in [0.15, 0.2) is 11.9 Å². The number of fused-ring (bicyclic) bond motifs is 2. The maximum Gasteiger partial charge on any atom is 0.410 e. The number of esters is 1. The Hall–Kier alpha value is -3.75. The van der Waals surface area contributed by atoms with Crippen LogP contribution in [0.5, 0.6) is 0 Å². The molecule has 1 amide bonds. The van der Waals surface area contributed by atoms with E-state index in [1.165, 1.54) is 0 Å². The fourth-order valence-electron chi connectivity index (χ4n) is 9.82. The predicted molar refractivity (Wildman–Crippen MR) is 217 cm³/mol. The Morgan fingerprint density at radius 2 is 1.77 bits per heavy atom. The minimum absolute atomic E-state index is 0.0000212. The summed E-state index contributed by atoms with van der Waals surface area (Å²) in [6.45, 7) is 14.7. The zero-order valence-corrected chi connectivity index (χ0v) is 35.3. The molecule has 57 heavy (non-hydrogen) atoms.